The van der Waals surface area contributed by atoms with Crippen LogP contribution < -0.4 is 5.48 Å². The van der Waals surface area contributed by atoms with Crippen LogP contribution in [0.3, 0.4) is 0 Å². The van der Waals surface area contributed by atoms with E-state index in [0.717, 1.165) is 3.57 Å². The van der Waals surface area contributed by atoms with Crippen LogP contribution in [0.2, 0.25) is 0 Å². The van der Waals surface area contributed by atoms with Gasteiger partial charge in [-0.2, -0.15) is 0 Å². The number of halogens is 2. The number of rotatable bonds is 5. The van der Waals surface area contributed by atoms with Gasteiger partial charge < -0.3 is 4.84 Å². The van der Waals surface area contributed by atoms with Crippen LogP contribution in [-0.4, -0.2) is 11.9 Å². The summed E-state index contributed by atoms with van der Waals surface area (Å²) in [6.45, 7) is 0. The van der Waals surface area contributed by atoms with Gasteiger partial charge in [0.05, 0.1) is 22.5 Å². The summed E-state index contributed by atoms with van der Waals surface area (Å²) in [5.74, 6) is -0.922. The van der Waals surface area contributed by atoms with Crippen molar-refractivity contribution in [3.8, 4) is 0 Å². The minimum atomic E-state index is -0.479. The fourth-order valence-corrected chi connectivity index (χ4v) is 3.24. The van der Waals surface area contributed by atoms with Crippen molar-refractivity contribution in [3.63, 3.8) is 0 Å². The van der Waals surface area contributed by atoms with Crippen LogP contribution in [0.25, 0.3) is 0 Å². The molecular weight excluding hydrogens is 537 g/mol. The summed E-state index contributed by atoms with van der Waals surface area (Å²) >= 11 is 5.38. The molecule has 6 nitrogen and oxygen atoms in total. The van der Waals surface area contributed by atoms with Crippen molar-refractivity contribution in [3.05, 3.63) is 92.0 Å². The lowest BCUT2D eigenvalue weighted by atomic mass is 10.2. The molecule has 0 aliphatic rings. The van der Waals surface area contributed by atoms with Crippen molar-refractivity contribution in [2.45, 2.75) is 0 Å². The quantitative estimate of drug-likeness (QED) is 0.235. The van der Waals surface area contributed by atoms with Gasteiger partial charge in [0, 0.05) is 8.04 Å². The fourth-order valence-electron chi connectivity index (χ4n) is 2.17. The predicted octanol–water partition coefficient (Wildman–Crippen LogP) is 6.16. The maximum absolute atomic E-state index is 12.1. The number of nitrogens with one attached hydrogen (secondary N) is 1. The first-order valence-electron chi connectivity index (χ1n) is 8.07. The monoisotopic (exact) mass is 549 g/mol. The molecule has 0 aromatic heterocycles. The van der Waals surface area contributed by atoms with Crippen LogP contribution in [0.15, 0.2) is 87.5 Å². The molecule has 140 valence electrons. The molecule has 3 rings (SSSR count). The second-order valence-electron chi connectivity index (χ2n) is 5.50. The topological polar surface area (TPSA) is 80.1 Å². The Bertz CT molecular complexity index is 1040. The fraction of sp³-hybridized carbons (Fsp3) is 0. The standard InChI is InChI=1S/C20H13BrIN3O3/c21-17-7-3-1-5-15(17)19(26)24-23-13-9-11-14(12-10-13)25-28-20(27)16-6-2-4-8-18(16)22/h1-12,25H. The average Bonchev–Trinajstić information content (AvgIpc) is 2.71. The predicted molar refractivity (Wildman–Crippen MR) is 118 cm³/mol. The minimum absolute atomic E-state index is 0.437. The Kier molecular flexibility index (Phi) is 6.88. The summed E-state index contributed by atoms with van der Waals surface area (Å²) in [6, 6.07) is 20.8. The molecular formula is C20H13BrIN3O3. The number of hydrogen-bond donors (Lipinski definition) is 1. The lowest BCUT2D eigenvalue weighted by Gasteiger charge is -2.07. The molecule has 0 bridgehead atoms. The zero-order chi connectivity index (χ0) is 19.9. The van der Waals surface area contributed by atoms with Gasteiger partial charge in [-0.1, -0.05) is 24.3 Å². The average molecular weight is 550 g/mol. The highest BCUT2D eigenvalue weighted by Crippen LogP contribution is 2.20. The van der Waals surface area contributed by atoms with Gasteiger partial charge in [-0.25, -0.2) is 10.3 Å². The van der Waals surface area contributed by atoms with E-state index in [4.69, 9.17) is 4.84 Å². The molecule has 0 spiro atoms. The highest BCUT2D eigenvalue weighted by Gasteiger charge is 2.11. The summed E-state index contributed by atoms with van der Waals surface area (Å²) in [5, 5.41) is 7.67. The summed E-state index contributed by atoms with van der Waals surface area (Å²) < 4.78 is 1.46. The molecule has 0 saturated heterocycles. The van der Waals surface area contributed by atoms with Gasteiger partial charge in [0.1, 0.15) is 0 Å². The van der Waals surface area contributed by atoms with Crippen LogP contribution in [0.5, 0.6) is 0 Å². The van der Waals surface area contributed by atoms with Crippen LogP contribution in [-0.2, 0) is 4.84 Å². The first-order valence-corrected chi connectivity index (χ1v) is 9.94. The molecule has 28 heavy (non-hydrogen) atoms. The number of amides is 1. The Labute approximate surface area is 183 Å². The van der Waals surface area contributed by atoms with Crippen molar-refractivity contribution >= 4 is 61.8 Å². The Hall–Kier alpha value is -2.59. The van der Waals surface area contributed by atoms with E-state index in [-0.39, 0.29) is 0 Å². The second kappa shape index (κ2) is 9.56. The summed E-state index contributed by atoms with van der Waals surface area (Å²) in [5.41, 5.74) is 4.57. The SMILES string of the molecule is O=C(N=Nc1ccc(NOC(=O)c2ccccc2I)cc1)c1ccccc1Br. The molecule has 0 heterocycles. The van der Waals surface area contributed by atoms with Crippen LogP contribution in [0.1, 0.15) is 20.7 Å². The number of azo groups is 1. The van der Waals surface area contributed by atoms with Crippen molar-refractivity contribution in [1.82, 2.24) is 0 Å². The van der Waals surface area contributed by atoms with Crippen LogP contribution in [0, 0.1) is 3.57 Å². The molecule has 0 atom stereocenters. The summed E-state index contributed by atoms with van der Waals surface area (Å²) in [7, 11) is 0. The van der Waals surface area contributed by atoms with Crippen LogP contribution in [0.4, 0.5) is 11.4 Å². The van der Waals surface area contributed by atoms with E-state index in [0.29, 0.717) is 27.0 Å². The summed E-state index contributed by atoms with van der Waals surface area (Å²) in [6.07, 6.45) is 0. The minimum Gasteiger partial charge on any atom is -0.338 e. The molecule has 3 aromatic carbocycles. The maximum Gasteiger partial charge on any atom is 0.363 e. The first kappa shape index (κ1) is 20.2. The van der Waals surface area contributed by atoms with Crippen LogP contribution >= 0.6 is 38.5 Å². The normalized spacial score (nSPS) is 10.6. The van der Waals surface area contributed by atoms with Gasteiger partial charge in [-0.3, -0.25) is 4.79 Å². The third-order valence-corrected chi connectivity index (χ3v) is 5.22. The lowest BCUT2D eigenvalue weighted by molar-refractivity contribution is 0.0595. The van der Waals surface area contributed by atoms with E-state index < -0.39 is 11.9 Å². The molecule has 0 fully saturated rings. The molecule has 0 saturated carbocycles. The Morgan fingerprint density at radius 2 is 1.54 bits per heavy atom. The molecule has 0 aliphatic heterocycles. The number of nitrogens with zero attached hydrogens (tertiary/aromatic N) is 2. The molecule has 3 aromatic rings. The highest BCUT2D eigenvalue weighted by molar-refractivity contribution is 14.1. The van der Waals surface area contributed by atoms with Gasteiger partial charge in [0.25, 0.3) is 5.91 Å². The molecule has 0 radical (unpaired) electrons. The van der Waals surface area contributed by atoms with E-state index in [9.17, 15) is 9.59 Å². The maximum atomic E-state index is 12.1. The van der Waals surface area contributed by atoms with Crippen molar-refractivity contribution in [2.75, 3.05) is 5.48 Å². The first-order chi connectivity index (χ1) is 13.5. The van der Waals surface area contributed by atoms with Crippen molar-refractivity contribution < 1.29 is 14.4 Å². The largest absolute Gasteiger partial charge is 0.363 e. The van der Waals surface area contributed by atoms with Crippen molar-refractivity contribution in [1.29, 1.82) is 0 Å². The third-order valence-electron chi connectivity index (χ3n) is 3.58. The van der Waals surface area contributed by atoms with Crippen molar-refractivity contribution in [2.24, 2.45) is 10.2 Å². The smallest absolute Gasteiger partial charge is 0.338 e. The number of benzene rings is 3. The Morgan fingerprint density at radius 3 is 2.21 bits per heavy atom. The van der Waals surface area contributed by atoms with Gasteiger partial charge in [0.15, 0.2) is 0 Å². The van der Waals surface area contributed by atoms with E-state index in [1.165, 1.54) is 0 Å². The van der Waals surface area contributed by atoms with E-state index in [2.05, 4.69) is 54.2 Å². The number of hydrogen-bond acceptors (Lipinski definition) is 5. The molecule has 8 heteroatoms. The molecule has 1 amide bonds. The molecule has 1 N–H and O–H groups in total. The third kappa shape index (κ3) is 5.23. The summed E-state index contributed by atoms with van der Waals surface area (Å²) in [4.78, 5) is 29.3. The van der Waals surface area contributed by atoms with Gasteiger partial charge in [-0.15, -0.1) is 10.2 Å². The molecule has 0 aliphatic carbocycles. The van der Waals surface area contributed by atoms with E-state index >= 15 is 0 Å². The van der Waals surface area contributed by atoms with Gasteiger partial charge in [0.2, 0.25) is 0 Å². The Morgan fingerprint density at radius 1 is 0.893 bits per heavy atom. The zero-order valence-corrected chi connectivity index (χ0v) is 18.0. The lowest BCUT2D eigenvalue weighted by Crippen LogP contribution is -2.11. The number of carbonyl (C=O) groups is 2. The highest BCUT2D eigenvalue weighted by atomic mass is 127. The zero-order valence-electron chi connectivity index (χ0n) is 14.3. The van der Waals surface area contributed by atoms with E-state index in [1.807, 2.05) is 18.2 Å². The number of anilines is 1. The van der Waals surface area contributed by atoms with Gasteiger partial charge >= 0.3 is 5.97 Å². The molecule has 0 unspecified atom stereocenters. The van der Waals surface area contributed by atoms with E-state index in [1.54, 1.807) is 54.6 Å². The second-order valence-corrected chi connectivity index (χ2v) is 7.52. The number of carbonyl (C=O) groups excluding carboxylic acids is 2. The van der Waals surface area contributed by atoms with Gasteiger partial charge in [-0.05, 0) is 87.1 Å². The Balaban J connectivity index is 1.59.